The standard InChI is InChI=1S/C18H17F2N3O/c19-18(20)24-17-8-6-14(7-9-17)10-21-16-11-22-23(13-16)12-15-4-2-1-3-5-15/h1-9,11,13,18,21H,10,12H2. The number of benzene rings is 2. The maximum atomic E-state index is 12.1. The molecule has 0 bridgehead atoms. The number of ether oxygens (including phenoxy) is 1. The Bertz CT molecular complexity index is 757. The van der Waals surface area contributed by atoms with Gasteiger partial charge in [0, 0.05) is 12.7 Å². The summed E-state index contributed by atoms with van der Waals surface area (Å²) in [7, 11) is 0. The zero-order valence-corrected chi connectivity index (χ0v) is 12.9. The Morgan fingerprint density at radius 2 is 1.75 bits per heavy atom. The second kappa shape index (κ2) is 7.59. The average Bonchev–Trinajstić information content (AvgIpc) is 3.02. The van der Waals surface area contributed by atoms with Crippen molar-refractivity contribution in [1.29, 1.82) is 0 Å². The van der Waals surface area contributed by atoms with Crippen molar-refractivity contribution in [2.24, 2.45) is 0 Å². The van der Waals surface area contributed by atoms with Gasteiger partial charge in [-0.25, -0.2) is 0 Å². The van der Waals surface area contributed by atoms with E-state index in [1.807, 2.05) is 29.1 Å². The molecule has 1 N–H and O–H groups in total. The molecule has 0 aliphatic carbocycles. The lowest BCUT2D eigenvalue weighted by Gasteiger charge is -2.07. The van der Waals surface area contributed by atoms with Crippen LogP contribution in [0, 0.1) is 0 Å². The maximum Gasteiger partial charge on any atom is 0.387 e. The van der Waals surface area contributed by atoms with Gasteiger partial charge in [-0.05, 0) is 23.3 Å². The topological polar surface area (TPSA) is 39.1 Å². The minimum Gasteiger partial charge on any atom is -0.435 e. The van der Waals surface area contributed by atoms with Crippen molar-refractivity contribution in [3.8, 4) is 5.75 Å². The molecule has 3 rings (SSSR count). The van der Waals surface area contributed by atoms with Crippen LogP contribution in [0.25, 0.3) is 0 Å². The van der Waals surface area contributed by atoms with Crippen LogP contribution in [0.4, 0.5) is 14.5 Å². The van der Waals surface area contributed by atoms with Gasteiger partial charge in [-0.3, -0.25) is 4.68 Å². The SMILES string of the molecule is FC(F)Oc1ccc(CNc2cnn(Cc3ccccc3)c2)cc1. The summed E-state index contributed by atoms with van der Waals surface area (Å²) in [5.41, 5.74) is 3.05. The molecule has 124 valence electrons. The summed E-state index contributed by atoms with van der Waals surface area (Å²) in [5, 5.41) is 7.58. The first-order valence-corrected chi connectivity index (χ1v) is 7.53. The summed E-state index contributed by atoms with van der Waals surface area (Å²) < 4.78 is 30.4. The predicted molar refractivity (Wildman–Crippen MR) is 88.2 cm³/mol. The van der Waals surface area contributed by atoms with Gasteiger partial charge in [0.15, 0.2) is 0 Å². The zero-order chi connectivity index (χ0) is 16.8. The highest BCUT2D eigenvalue weighted by molar-refractivity contribution is 5.40. The van der Waals surface area contributed by atoms with Crippen molar-refractivity contribution in [1.82, 2.24) is 9.78 Å². The molecule has 0 spiro atoms. The van der Waals surface area contributed by atoms with Gasteiger partial charge in [-0.15, -0.1) is 0 Å². The molecule has 24 heavy (non-hydrogen) atoms. The zero-order valence-electron chi connectivity index (χ0n) is 12.9. The monoisotopic (exact) mass is 329 g/mol. The number of anilines is 1. The maximum absolute atomic E-state index is 12.1. The summed E-state index contributed by atoms with van der Waals surface area (Å²) in [6.07, 6.45) is 3.69. The number of rotatable bonds is 7. The molecule has 0 aliphatic rings. The third kappa shape index (κ3) is 4.55. The number of hydrogen-bond acceptors (Lipinski definition) is 3. The first kappa shape index (κ1) is 16.0. The minimum absolute atomic E-state index is 0.157. The van der Waals surface area contributed by atoms with Crippen LogP contribution in [-0.4, -0.2) is 16.4 Å². The molecule has 4 nitrogen and oxygen atoms in total. The Morgan fingerprint density at radius 1 is 1.00 bits per heavy atom. The van der Waals surface area contributed by atoms with Gasteiger partial charge in [0.2, 0.25) is 0 Å². The lowest BCUT2D eigenvalue weighted by molar-refractivity contribution is -0.0498. The third-order valence-electron chi connectivity index (χ3n) is 3.47. The molecular formula is C18H17F2N3O. The van der Waals surface area contributed by atoms with Crippen LogP contribution in [0.5, 0.6) is 5.75 Å². The fraction of sp³-hybridized carbons (Fsp3) is 0.167. The van der Waals surface area contributed by atoms with E-state index in [1.165, 1.54) is 17.7 Å². The lowest BCUT2D eigenvalue weighted by Crippen LogP contribution is -2.03. The molecule has 0 saturated heterocycles. The Hall–Kier alpha value is -2.89. The molecule has 0 saturated carbocycles. The molecule has 3 aromatic rings. The van der Waals surface area contributed by atoms with Crippen LogP contribution in [0.15, 0.2) is 67.0 Å². The summed E-state index contributed by atoms with van der Waals surface area (Å²) in [6, 6.07) is 16.6. The number of hydrogen-bond donors (Lipinski definition) is 1. The second-order valence-electron chi connectivity index (χ2n) is 5.29. The Balaban J connectivity index is 1.53. The Morgan fingerprint density at radius 3 is 2.46 bits per heavy atom. The highest BCUT2D eigenvalue weighted by atomic mass is 19.3. The number of alkyl halides is 2. The van der Waals surface area contributed by atoms with Crippen molar-refractivity contribution in [2.45, 2.75) is 19.7 Å². The second-order valence-corrected chi connectivity index (χ2v) is 5.29. The lowest BCUT2D eigenvalue weighted by atomic mass is 10.2. The number of aromatic nitrogens is 2. The molecule has 2 aromatic carbocycles. The van der Waals surface area contributed by atoms with Gasteiger partial charge in [0.25, 0.3) is 0 Å². The van der Waals surface area contributed by atoms with Crippen molar-refractivity contribution in [3.63, 3.8) is 0 Å². The first-order chi connectivity index (χ1) is 11.7. The highest BCUT2D eigenvalue weighted by Crippen LogP contribution is 2.16. The number of halogens is 2. The van der Waals surface area contributed by atoms with E-state index in [2.05, 4.69) is 27.3 Å². The molecule has 6 heteroatoms. The van der Waals surface area contributed by atoms with E-state index < -0.39 is 6.61 Å². The van der Waals surface area contributed by atoms with Crippen molar-refractivity contribution in [3.05, 3.63) is 78.1 Å². The van der Waals surface area contributed by atoms with Gasteiger partial charge in [0.1, 0.15) is 5.75 Å². The normalized spacial score (nSPS) is 10.8. The predicted octanol–water partition coefficient (Wildman–Crippen LogP) is 4.14. The molecular weight excluding hydrogens is 312 g/mol. The van der Waals surface area contributed by atoms with E-state index in [0.717, 1.165) is 11.3 Å². The largest absolute Gasteiger partial charge is 0.435 e. The third-order valence-corrected chi connectivity index (χ3v) is 3.47. The summed E-state index contributed by atoms with van der Waals surface area (Å²) >= 11 is 0. The quantitative estimate of drug-likeness (QED) is 0.708. The summed E-state index contributed by atoms with van der Waals surface area (Å²) in [4.78, 5) is 0. The van der Waals surface area contributed by atoms with Gasteiger partial charge in [-0.1, -0.05) is 42.5 Å². The van der Waals surface area contributed by atoms with Gasteiger partial charge in [-0.2, -0.15) is 13.9 Å². The molecule has 0 atom stereocenters. The van der Waals surface area contributed by atoms with Crippen molar-refractivity contribution in [2.75, 3.05) is 5.32 Å². The average molecular weight is 329 g/mol. The Labute approximate surface area is 138 Å². The van der Waals surface area contributed by atoms with Gasteiger partial charge in [0.05, 0.1) is 18.4 Å². The van der Waals surface area contributed by atoms with Crippen molar-refractivity contribution < 1.29 is 13.5 Å². The molecule has 0 aliphatic heterocycles. The molecule has 0 fully saturated rings. The van der Waals surface area contributed by atoms with Crippen LogP contribution in [0.3, 0.4) is 0 Å². The number of nitrogens with zero attached hydrogens (tertiary/aromatic N) is 2. The highest BCUT2D eigenvalue weighted by Gasteiger charge is 2.04. The molecule has 1 aromatic heterocycles. The molecule has 0 radical (unpaired) electrons. The van der Waals surface area contributed by atoms with Crippen LogP contribution < -0.4 is 10.1 Å². The molecule has 0 unspecified atom stereocenters. The van der Waals surface area contributed by atoms with Gasteiger partial charge >= 0.3 is 6.61 Å². The van der Waals surface area contributed by atoms with E-state index in [9.17, 15) is 8.78 Å². The minimum atomic E-state index is -2.80. The fourth-order valence-corrected chi connectivity index (χ4v) is 2.30. The number of nitrogens with one attached hydrogen (secondary N) is 1. The van der Waals surface area contributed by atoms with Crippen LogP contribution >= 0.6 is 0 Å². The first-order valence-electron chi connectivity index (χ1n) is 7.53. The van der Waals surface area contributed by atoms with Crippen LogP contribution in [0.2, 0.25) is 0 Å². The fourth-order valence-electron chi connectivity index (χ4n) is 2.30. The van der Waals surface area contributed by atoms with Gasteiger partial charge < -0.3 is 10.1 Å². The van der Waals surface area contributed by atoms with E-state index >= 15 is 0 Å². The smallest absolute Gasteiger partial charge is 0.387 e. The van der Waals surface area contributed by atoms with E-state index in [4.69, 9.17) is 0 Å². The summed E-state index contributed by atoms with van der Waals surface area (Å²) in [5.74, 6) is 0.157. The van der Waals surface area contributed by atoms with Crippen LogP contribution in [-0.2, 0) is 13.1 Å². The Kier molecular flexibility index (Phi) is 5.05. The van der Waals surface area contributed by atoms with Crippen LogP contribution in [0.1, 0.15) is 11.1 Å². The summed E-state index contributed by atoms with van der Waals surface area (Å²) in [6.45, 7) is -1.52. The molecule has 1 heterocycles. The van der Waals surface area contributed by atoms with E-state index in [0.29, 0.717) is 13.1 Å². The van der Waals surface area contributed by atoms with Crippen molar-refractivity contribution >= 4 is 5.69 Å². The molecule has 0 amide bonds. The van der Waals surface area contributed by atoms with E-state index in [1.54, 1.807) is 18.3 Å². The van der Waals surface area contributed by atoms with E-state index in [-0.39, 0.29) is 5.75 Å².